The molecule has 0 spiro atoms. The van der Waals surface area contributed by atoms with Gasteiger partial charge in [-0.25, -0.2) is 9.97 Å². The van der Waals surface area contributed by atoms with E-state index < -0.39 is 0 Å². The lowest BCUT2D eigenvalue weighted by Crippen LogP contribution is -2.45. The van der Waals surface area contributed by atoms with E-state index >= 15 is 0 Å². The van der Waals surface area contributed by atoms with E-state index in [2.05, 4.69) is 62.8 Å². The highest BCUT2D eigenvalue weighted by Gasteiger charge is 2.28. The van der Waals surface area contributed by atoms with Crippen LogP contribution in [0.15, 0.2) is 6.07 Å². The van der Waals surface area contributed by atoms with E-state index in [9.17, 15) is 0 Å². The van der Waals surface area contributed by atoms with Gasteiger partial charge in [-0.1, -0.05) is 13.8 Å². The van der Waals surface area contributed by atoms with Gasteiger partial charge in [-0.3, -0.25) is 0 Å². The van der Waals surface area contributed by atoms with Gasteiger partial charge in [0.15, 0.2) is 0 Å². The lowest BCUT2D eigenvalue weighted by atomic mass is 10.1. The van der Waals surface area contributed by atoms with Crippen molar-refractivity contribution < 1.29 is 0 Å². The van der Waals surface area contributed by atoms with Gasteiger partial charge in [0, 0.05) is 36.1 Å². The van der Waals surface area contributed by atoms with Crippen molar-refractivity contribution in [2.75, 3.05) is 18.0 Å². The second-order valence-corrected chi connectivity index (χ2v) is 7.51. The average Bonchev–Trinajstić information content (AvgIpc) is 2.83. The Labute approximate surface area is 129 Å². The lowest BCUT2D eigenvalue weighted by Gasteiger charge is -2.29. The molecule has 0 aromatic carbocycles. The van der Waals surface area contributed by atoms with E-state index in [0.29, 0.717) is 12.0 Å². The molecule has 0 radical (unpaired) electrons. The molecule has 1 aliphatic heterocycles. The number of aryl methyl sites for hydroxylation is 1. The molecule has 1 atom stereocenters. The van der Waals surface area contributed by atoms with E-state index in [1.807, 2.05) is 0 Å². The summed E-state index contributed by atoms with van der Waals surface area (Å²) in [6.07, 6.45) is 2.45. The maximum atomic E-state index is 4.80. The van der Waals surface area contributed by atoms with Gasteiger partial charge in [-0.05, 0) is 52.5 Å². The molecule has 0 saturated carbocycles. The summed E-state index contributed by atoms with van der Waals surface area (Å²) in [5.74, 6) is 1.36. The van der Waals surface area contributed by atoms with E-state index in [4.69, 9.17) is 4.98 Å². The van der Waals surface area contributed by atoms with E-state index in [1.165, 1.54) is 12.8 Å². The van der Waals surface area contributed by atoms with Crippen LogP contribution in [0.2, 0.25) is 0 Å². The third-order valence-corrected chi connectivity index (χ3v) is 3.96. The minimum Gasteiger partial charge on any atom is -0.337 e. The second kappa shape index (κ2) is 6.30. The highest BCUT2D eigenvalue weighted by atomic mass is 15.3. The Kier molecular flexibility index (Phi) is 4.87. The predicted octanol–water partition coefficient (Wildman–Crippen LogP) is 3.27. The number of anilines is 1. The summed E-state index contributed by atoms with van der Waals surface area (Å²) in [4.78, 5) is 11.9. The fourth-order valence-corrected chi connectivity index (χ4v) is 2.74. The molecule has 118 valence electrons. The number of hydrogen-bond acceptors (Lipinski definition) is 4. The zero-order chi connectivity index (χ0) is 15.6. The molecule has 1 N–H and O–H groups in total. The molecule has 2 heterocycles. The molecule has 1 saturated heterocycles. The van der Waals surface area contributed by atoms with Crippen LogP contribution in [0.4, 0.5) is 5.95 Å². The van der Waals surface area contributed by atoms with Crippen molar-refractivity contribution in [3.05, 3.63) is 17.5 Å². The number of nitrogens with one attached hydrogen (secondary N) is 1. The summed E-state index contributed by atoms with van der Waals surface area (Å²) in [6.45, 7) is 15.2. The van der Waals surface area contributed by atoms with E-state index in [0.717, 1.165) is 30.4 Å². The maximum absolute atomic E-state index is 4.80. The van der Waals surface area contributed by atoms with Gasteiger partial charge >= 0.3 is 0 Å². The Morgan fingerprint density at radius 3 is 2.67 bits per heavy atom. The largest absolute Gasteiger partial charge is 0.337 e. The van der Waals surface area contributed by atoms with Crippen LogP contribution in [0.25, 0.3) is 0 Å². The summed E-state index contributed by atoms with van der Waals surface area (Å²) in [6, 6.07) is 2.61. The van der Waals surface area contributed by atoms with Crippen molar-refractivity contribution in [2.45, 2.75) is 71.9 Å². The molecular weight excluding hydrogens is 260 g/mol. The molecule has 0 aliphatic carbocycles. The highest BCUT2D eigenvalue weighted by Crippen LogP contribution is 2.24. The molecule has 4 heteroatoms. The van der Waals surface area contributed by atoms with Gasteiger partial charge < -0.3 is 10.2 Å². The van der Waals surface area contributed by atoms with Crippen LogP contribution < -0.4 is 10.2 Å². The first-order valence-corrected chi connectivity index (χ1v) is 8.13. The predicted molar refractivity (Wildman–Crippen MR) is 89.0 cm³/mol. The lowest BCUT2D eigenvalue weighted by molar-refractivity contribution is 0.404. The molecule has 1 aliphatic rings. The van der Waals surface area contributed by atoms with Gasteiger partial charge in [-0.2, -0.15) is 0 Å². The molecule has 1 aromatic rings. The average molecular weight is 290 g/mol. The second-order valence-electron chi connectivity index (χ2n) is 7.51. The van der Waals surface area contributed by atoms with Crippen molar-refractivity contribution in [1.82, 2.24) is 15.3 Å². The normalized spacial score (nSPS) is 19.6. The molecule has 4 nitrogen and oxygen atoms in total. The molecular formula is C17H30N4. The van der Waals surface area contributed by atoms with Gasteiger partial charge in [0.05, 0.1) is 0 Å². The number of aromatic nitrogens is 2. The number of rotatable bonds is 4. The first-order valence-electron chi connectivity index (χ1n) is 8.13. The van der Waals surface area contributed by atoms with E-state index in [1.54, 1.807) is 0 Å². The Bertz CT molecular complexity index is 476. The van der Waals surface area contributed by atoms with Crippen LogP contribution in [0.1, 0.15) is 64.8 Å². The monoisotopic (exact) mass is 290 g/mol. The van der Waals surface area contributed by atoms with Gasteiger partial charge in [0.1, 0.15) is 0 Å². The fourth-order valence-electron chi connectivity index (χ4n) is 2.74. The summed E-state index contributed by atoms with van der Waals surface area (Å²) >= 11 is 0. The van der Waals surface area contributed by atoms with Gasteiger partial charge in [-0.15, -0.1) is 0 Å². The fraction of sp³-hybridized carbons (Fsp3) is 0.765. The third kappa shape index (κ3) is 4.40. The summed E-state index contributed by atoms with van der Waals surface area (Å²) < 4.78 is 0. The van der Waals surface area contributed by atoms with Crippen LogP contribution in [-0.4, -0.2) is 34.6 Å². The van der Waals surface area contributed by atoms with E-state index in [-0.39, 0.29) is 5.54 Å². The minimum absolute atomic E-state index is 0.158. The van der Waals surface area contributed by atoms with Crippen molar-refractivity contribution in [3.63, 3.8) is 0 Å². The molecule has 21 heavy (non-hydrogen) atoms. The van der Waals surface area contributed by atoms with Crippen LogP contribution in [0, 0.1) is 6.92 Å². The van der Waals surface area contributed by atoms with Crippen LogP contribution in [0.5, 0.6) is 0 Å². The van der Waals surface area contributed by atoms with Crippen molar-refractivity contribution >= 4 is 5.95 Å². The van der Waals surface area contributed by atoms with Crippen LogP contribution >= 0.6 is 0 Å². The molecule has 1 aromatic heterocycles. The zero-order valence-electron chi connectivity index (χ0n) is 14.4. The standard InChI is InChI=1S/C17H30N4/c1-12(2)15-10-13(3)19-16(20-15)21-9-7-8-14(21)11-18-17(4,5)6/h10,12,14,18H,7-9,11H2,1-6H3. The summed E-state index contributed by atoms with van der Waals surface area (Å²) in [5, 5.41) is 3.62. The third-order valence-electron chi connectivity index (χ3n) is 3.96. The van der Waals surface area contributed by atoms with Crippen molar-refractivity contribution in [2.24, 2.45) is 0 Å². The Morgan fingerprint density at radius 2 is 2.05 bits per heavy atom. The maximum Gasteiger partial charge on any atom is 0.226 e. The van der Waals surface area contributed by atoms with Crippen LogP contribution in [-0.2, 0) is 0 Å². The first-order chi connectivity index (χ1) is 9.76. The zero-order valence-corrected chi connectivity index (χ0v) is 14.4. The Hall–Kier alpha value is -1.16. The molecule has 1 unspecified atom stereocenters. The number of nitrogens with zero attached hydrogens (tertiary/aromatic N) is 3. The minimum atomic E-state index is 0.158. The Balaban J connectivity index is 2.16. The molecule has 1 fully saturated rings. The van der Waals surface area contributed by atoms with Crippen molar-refractivity contribution in [3.8, 4) is 0 Å². The molecule has 0 bridgehead atoms. The Morgan fingerprint density at radius 1 is 1.33 bits per heavy atom. The summed E-state index contributed by atoms with van der Waals surface area (Å²) in [5.41, 5.74) is 2.37. The summed E-state index contributed by atoms with van der Waals surface area (Å²) in [7, 11) is 0. The first kappa shape index (κ1) is 16.2. The quantitative estimate of drug-likeness (QED) is 0.924. The van der Waals surface area contributed by atoms with Crippen LogP contribution in [0.3, 0.4) is 0 Å². The highest BCUT2D eigenvalue weighted by molar-refractivity contribution is 5.36. The van der Waals surface area contributed by atoms with Gasteiger partial charge in [0.25, 0.3) is 0 Å². The number of hydrogen-bond donors (Lipinski definition) is 1. The molecule has 2 rings (SSSR count). The molecule has 0 amide bonds. The van der Waals surface area contributed by atoms with Gasteiger partial charge in [0.2, 0.25) is 5.95 Å². The smallest absolute Gasteiger partial charge is 0.226 e. The topological polar surface area (TPSA) is 41.1 Å². The van der Waals surface area contributed by atoms with Crippen molar-refractivity contribution in [1.29, 1.82) is 0 Å². The SMILES string of the molecule is Cc1cc(C(C)C)nc(N2CCCC2CNC(C)(C)C)n1.